The van der Waals surface area contributed by atoms with Gasteiger partial charge in [-0.05, 0) is 36.4 Å². The number of ketones is 1. The molecule has 0 saturated carbocycles. The highest BCUT2D eigenvalue weighted by molar-refractivity contribution is 6.00. The van der Waals surface area contributed by atoms with Crippen molar-refractivity contribution in [2.45, 2.75) is 20.8 Å². The maximum Gasteiger partial charge on any atom is 0.374 e. The van der Waals surface area contributed by atoms with Gasteiger partial charge in [-0.1, -0.05) is 20.8 Å². The Kier molecular flexibility index (Phi) is 5.18. The van der Waals surface area contributed by atoms with E-state index in [1.165, 1.54) is 12.3 Å². The number of hydrogen-bond acceptors (Lipinski definition) is 5. The quantitative estimate of drug-likeness (QED) is 0.672. The Morgan fingerprint density at radius 1 is 1.08 bits per heavy atom. The zero-order valence-corrected chi connectivity index (χ0v) is 13.8. The lowest BCUT2D eigenvalue weighted by molar-refractivity contribution is -0.123. The van der Waals surface area contributed by atoms with Crippen LogP contribution in [0.4, 0.5) is 5.69 Å². The maximum absolute atomic E-state index is 12.0. The van der Waals surface area contributed by atoms with E-state index < -0.39 is 11.4 Å². The van der Waals surface area contributed by atoms with Crippen molar-refractivity contribution in [3.63, 3.8) is 0 Å². The Morgan fingerprint density at radius 2 is 1.75 bits per heavy atom. The first kappa shape index (κ1) is 17.5. The molecule has 0 saturated heterocycles. The summed E-state index contributed by atoms with van der Waals surface area (Å²) in [6.45, 7) is 5.06. The van der Waals surface area contributed by atoms with Crippen LogP contribution in [0.15, 0.2) is 47.1 Å². The van der Waals surface area contributed by atoms with Gasteiger partial charge in [-0.3, -0.25) is 9.59 Å². The van der Waals surface area contributed by atoms with Crippen LogP contribution >= 0.6 is 0 Å². The lowest BCUT2D eigenvalue weighted by Crippen LogP contribution is -2.27. The topological polar surface area (TPSA) is 85.6 Å². The fourth-order valence-electron chi connectivity index (χ4n) is 1.74. The molecule has 2 aromatic rings. The van der Waals surface area contributed by atoms with Crippen molar-refractivity contribution < 1.29 is 23.5 Å². The first-order valence-corrected chi connectivity index (χ1v) is 7.43. The number of esters is 1. The van der Waals surface area contributed by atoms with E-state index in [-0.39, 0.29) is 24.1 Å². The average molecular weight is 329 g/mol. The summed E-state index contributed by atoms with van der Waals surface area (Å²) in [5, 5.41) is 2.77. The van der Waals surface area contributed by atoms with Gasteiger partial charge in [0.1, 0.15) is 0 Å². The second kappa shape index (κ2) is 7.12. The summed E-state index contributed by atoms with van der Waals surface area (Å²) in [4.78, 5) is 35.5. The summed E-state index contributed by atoms with van der Waals surface area (Å²) in [5.74, 6) is -1.11. The van der Waals surface area contributed by atoms with Gasteiger partial charge in [0.25, 0.3) is 0 Å². The molecule has 1 amide bonds. The molecule has 1 heterocycles. The maximum atomic E-state index is 12.0. The number of rotatable bonds is 5. The number of carbonyl (C=O) groups excluding carboxylic acids is 3. The number of ether oxygens (including phenoxy) is 1. The molecule has 0 aliphatic carbocycles. The van der Waals surface area contributed by atoms with Crippen LogP contribution in [0, 0.1) is 5.41 Å². The lowest BCUT2D eigenvalue weighted by Gasteiger charge is -2.17. The van der Waals surface area contributed by atoms with E-state index in [2.05, 4.69) is 5.32 Å². The Bertz CT molecular complexity index is 724. The minimum absolute atomic E-state index is 0.0445. The second-order valence-electron chi connectivity index (χ2n) is 6.26. The normalized spacial score (nSPS) is 11.0. The summed E-state index contributed by atoms with van der Waals surface area (Å²) in [6, 6.07) is 9.42. The molecule has 1 aromatic heterocycles. The largest absolute Gasteiger partial charge is 0.457 e. The molecule has 0 aliphatic rings. The van der Waals surface area contributed by atoms with Crippen molar-refractivity contribution in [1.29, 1.82) is 0 Å². The van der Waals surface area contributed by atoms with E-state index >= 15 is 0 Å². The molecule has 0 bridgehead atoms. The standard InChI is InChI=1S/C18H19NO5/c1-18(2,3)17(22)19-13-8-6-12(7-9-13)14(20)11-24-16(21)15-5-4-10-23-15/h4-10H,11H2,1-3H3,(H,19,22). The van der Waals surface area contributed by atoms with Crippen LogP contribution in [-0.4, -0.2) is 24.3 Å². The third-order valence-electron chi connectivity index (χ3n) is 3.20. The molecule has 24 heavy (non-hydrogen) atoms. The van der Waals surface area contributed by atoms with E-state index in [0.717, 1.165) is 0 Å². The van der Waals surface area contributed by atoms with Gasteiger partial charge in [0.15, 0.2) is 12.4 Å². The van der Waals surface area contributed by atoms with E-state index in [1.54, 1.807) is 30.3 Å². The smallest absolute Gasteiger partial charge is 0.374 e. The van der Waals surface area contributed by atoms with Crippen molar-refractivity contribution in [2.75, 3.05) is 11.9 Å². The minimum atomic E-state index is -0.692. The summed E-state index contributed by atoms with van der Waals surface area (Å²) >= 11 is 0. The van der Waals surface area contributed by atoms with E-state index in [1.807, 2.05) is 20.8 Å². The molecular weight excluding hydrogens is 310 g/mol. The molecular formula is C18H19NO5. The van der Waals surface area contributed by atoms with Gasteiger partial charge < -0.3 is 14.5 Å². The average Bonchev–Trinajstić information content (AvgIpc) is 3.06. The highest BCUT2D eigenvalue weighted by Crippen LogP contribution is 2.18. The Balaban J connectivity index is 1.91. The number of anilines is 1. The van der Waals surface area contributed by atoms with Gasteiger partial charge in [0, 0.05) is 16.7 Å². The molecule has 6 nitrogen and oxygen atoms in total. The van der Waals surface area contributed by atoms with Crippen LogP contribution in [0.1, 0.15) is 41.7 Å². The number of Topliss-reactive ketones (excluding diaryl/α,β-unsaturated/α-hetero) is 1. The molecule has 0 unspecified atom stereocenters. The van der Waals surface area contributed by atoms with E-state index in [0.29, 0.717) is 11.3 Å². The monoisotopic (exact) mass is 329 g/mol. The number of nitrogens with one attached hydrogen (secondary N) is 1. The van der Waals surface area contributed by atoms with E-state index in [4.69, 9.17) is 9.15 Å². The predicted molar refractivity (Wildman–Crippen MR) is 87.8 cm³/mol. The van der Waals surface area contributed by atoms with Crippen molar-refractivity contribution in [3.05, 3.63) is 54.0 Å². The van der Waals surface area contributed by atoms with Gasteiger partial charge >= 0.3 is 5.97 Å². The molecule has 0 radical (unpaired) electrons. The van der Waals surface area contributed by atoms with Crippen LogP contribution in [0.25, 0.3) is 0 Å². The molecule has 2 rings (SSSR count). The summed E-state index contributed by atoms with van der Waals surface area (Å²) in [7, 11) is 0. The lowest BCUT2D eigenvalue weighted by atomic mass is 9.95. The van der Waals surface area contributed by atoms with Crippen molar-refractivity contribution >= 4 is 23.3 Å². The summed E-state index contributed by atoms with van der Waals surface area (Å²) in [6.07, 6.45) is 1.35. The fraction of sp³-hybridized carbons (Fsp3) is 0.278. The van der Waals surface area contributed by atoms with Gasteiger partial charge in [-0.2, -0.15) is 0 Å². The predicted octanol–water partition coefficient (Wildman–Crippen LogP) is 3.30. The van der Waals surface area contributed by atoms with Gasteiger partial charge in [0.2, 0.25) is 11.7 Å². The first-order valence-electron chi connectivity index (χ1n) is 7.43. The number of benzene rings is 1. The highest BCUT2D eigenvalue weighted by atomic mass is 16.5. The highest BCUT2D eigenvalue weighted by Gasteiger charge is 2.21. The molecule has 0 spiro atoms. The van der Waals surface area contributed by atoms with Gasteiger partial charge in [-0.25, -0.2) is 4.79 Å². The zero-order chi connectivity index (χ0) is 17.7. The molecule has 1 N–H and O–H groups in total. The minimum Gasteiger partial charge on any atom is -0.457 e. The van der Waals surface area contributed by atoms with Crippen LogP contribution in [-0.2, 0) is 9.53 Å². The SMILES string of the molecule is CC(C)(C)C(=O)Nc1ccc(C(=O)COC(=O)c2ccco2)cc1. The summed E-state index contributed by atoms with van der Waals surface area (Å²) < 4.78 is 9.78. The van der Waals surface area contributed by atoms with Gasteiger partial charge in [-0.15, -0.1) is 0 Å². The summed E-state index contributed by atoms with van der Waals surface area (Å²) in [5.41, 5.74) is 0.476. The Labute approximate surface area is 139 Å². The second-order valence-corrected chi connectivity index (χ2v) is 6.26. The van der Waals surface area contributed by atoms with E-state index in [9.17, 15) is 14.4 Å². The molecule has 126 valence electrons. The van der Waals surface area contributed by atoms with Crippen LogP contribution in [0.3, 0.4) is 0 Å². The first-order chi connectivity index (χ1) is 11.3. The fourth-order valence-corrected chi connectivity index (χ4v) is 1.74. The van der Waals surface area contributed by atoms with Crippen molar-refractivity contribution in [1.82, 2.24) is 0 Å². The molecule has 6 heteroatoms. The third-order valence-corrected chi connectivity index (χ3v) is 3.20. The van der Waals surface area contributed by atoms with Crippen molar-refractivity contribution in [3.8, 4) is 0 Å². The Hall–Kier alpha value is -2.89. The van der Waals surface area contributed by atoms with Crippen LogP contribution in [0.5, 0.6) is 0 Å². The van der Waals surface area contributed by atoms with Crippen molar-refractivity contribution in [2.24, 2.45) is 5.41 Å². The van der Waals surface area contributed by atoms with Gasteiger partial charge in [0.05, 0.1) is 6.26 Å². The molecule has 0 atom stereocenters. The zero-order valence-electron chi connectivity index (χ0n) is 13.8. The third kappa shape index (κ3) is 4.55. The number of hydrogen-bond donors (Lipinski definition) is 1. The van der Waals surface area contributed by atoms with Crippen LogP contribution in [0.2, 0.25) is 0 Å². The molecule has 1 aromatic carbocycles. The Morgan fingerprint density at radius 3 is 2.29 bits per heavy atom. The molecule has 0 aliphatic heterocycles. The number of carbonyl (C=O) groups is 3. The van der Waals surface area contributed by atoms with Crippen LogP contribution < -0.4 is 5.32 Å². The molecule has 0 fully saturated rings. The number of furan rings is 1. The number of amides is 1.